The summed E-state index contributed by atoms with van der Waals surface area (Å²) in [6, 6.07) is 0. The molecule has 0 radical (unpaired) electrons. The molecule has 1 saturated carbocycles. The Morgan fingerprint density at radius 3 is 2.14 bits per heavy atom. The summed E-state index contributed by atoms with van der Waals surface area (Å²) in [4.78, 5) is 0. The van der Waals surface area contributed by atoms with Crippen molar-refractivity contribution in [1.82, 2.24) is 0 Å². The second-order valence-corrected chi connectivity index (χ2v) is 2.70. The third-order valence-electron chi connectivity index (χ3n) is 1.14. The Morgan fingerprint density at radius 2 is 2.14 bits per heavy atom. The first kappa shape index (κ1) is 5.72. The summed E-state index contributed by atoms with van der Waals surface area (Å²) in [7, 11) is 0. The van der Waals surface area contributed by atoms with Crippen LogP contribution in [0.2, 0.25) is 0 Å². The smallest absolute Gasteiger partial charge is 0.207 e. The van der Waals surface area contributed by atoms with Gasteiger partial charge >= 0.3 is 0 Å². The minimum atomic E-state index is -2.29. The summed E-state index contributed by atoms with van der Waals surface area (Å²) < 4.78 is 24.2. The molecule has 0 aromatic rings. The van der Waals surface area contributed by atoms with Crippen molar-refractivity contribution in [2.75, 3.05) is 4.43 Å². The molecule has 42 valence electrons. The molecular weight excluding hydrogens is 213 g/mol. The summed E-state index contributed by atoms with van der Waals surface area (Å²) in [5.74, 6) is -2.59. The molecule has 0 bridgehead atoms. The Hall–Kier alpha value is 0.590. The predicted molar refractivity (Wildman–Crippen MR) is 31.9 cm³/mol. The van der Waals surface area contributed by atoms with Gasteiger partial charge in [0.15, 0.2) is 0 Å². The molecule has 0 amide bonds. The third kappa shape index (κ3) is 1.03. The molecule has 0 aromatic carbocycles. The largest absolute Gasteiger partial charge is 0.252 e. The minimum Gasteiger partial charge on any atom is -0.207 e. The van der Waals surface area contributed by atoms with Crippen molar-refractivity contribution in [3.63, 3.8) is 0 Å². The molecule has 1 unspecified atom stereocenters. The Labute approximate surface area is 54.4 Å². The average Bonchev–Trinajstić information content (AvgIpc) is 2.13. The number of rotatable bonds is 1. The zero-order chi connectivity index (χ0) is 5.49. The van der Waals surface area contributed by atoms with Gasteiger partial charge in [-0.2, -0.15) is 0 Å². The lowest BCUT2D eigenvalue weighted by Gasteiger charge is -1.86. The first-order valence-electron chi connectivity index (χ1n) is 2.10. The maximum Gasteiger partial charge on any atom is 0.252 e. The average molecular weight is 218 g/mol. The second-order valence-electron chi connectivity index (χ2n) is 1.82. The van der Waals surface area contributed by atoms with Crippen LogP contribution >= 0.6 is 22.6 Å². The molecular formula is C4H5F2I. The van der Waals surface area contributed by atoms with Gasteiger partial charge in [-0.3, -0.25) is 0 Å². The molecule has 1 atom stereocenters. The molecule has 1 aliphatic rings. The molecule has 7 heavy (non-hydrogen) atoms. The van der Waals surface area contributed by atoms with Gasteiger partial charge in [0, 0.05) is 16.8 Å². The fourth-order valence-corrected chi connectivity index (χ4v) is 1.39. The van der Waals surface area contributed by atoms with E-state index < -0.39 is 5.92 Å². The number of hydrogen-bond donors (Lipinski definition) is 0. The van der Waals surface area contributed by atoms with E-state index in [0.717, 1.165) is 0 Å². The van der Waals surface area contributed by atoms with E-state index in [1.807, 2.05) is 22.6 Å². The highest BCUT2D eigenvalue weighted by molar-refractivity contribution is 14.1. The number of hydrogen-bond acceptors (Lipinski definition) is 0. The first-order chi connectivity index (χ1) is 3.17. The lowest BCUT2D eigenvalue weighted by Crippen LogP contribution is -1.92. The molecule has 1 fully saturated rings. The van der Waals surface area contributed by atoms with Gasteiger partial charge < -0.3 is 0 Å². The van der Waals surface area contributed by atoms with Gasteiger partial charge in [-0.05, 0) is 0 Å². The van der Waals surface area contributed by atoms with Crippen LogP contribution in [-0.2, 0) is 0 Å². The normalized spacial score (nSPS) is 35.6. The molecule has 0 heterocycles. The minimum absolute atomic E-state index is 0.121. The highest BCUT2D eigenvalue weighted by Gasteiger charge is 2.55. The van der Waals surface area contributed by atoms with E-state index in [1.165, 1.54) is 0 Å². The maximum atomic E-state index is 11.8. The highest BCUT2D eigenvalue weighted by Crippen LogP contribution is 2.49. The van der Waals surface area contributed by atoms with Crippen LogP contribution in [0.25, 0.3) is 0 Å². The van der Waals surface area contributed by atoms with E-state index in [-0.39, 0.29) is 12.3 Å². The Balaban J connectivity index is 2.30. The van der Waals surface area contributed by atoms with Crippen LogP contribution in [0.3, 0.4) is 0 Å². The number of halogens is 3. The Kier molecular flexibility index (Phi) is 1.25. The zero-order valence-corrected chi connectivity index (χ0v) is 5.78. The monoisotopic (exact) mass is 218 g/mol. The standard InChI is InChI=1S/C4H5F2I/c5-4(6)1-3(4)2-7/h3H,1-2H2. The summed E-state index contributed by atoms with van der Waals surface area (Å²) in [5.41, 5.74) is 0. The predicted octanol–water partition coefficient (Wildman–Crippen LogP) is 2.08. The molecule has 0 nitrogen and oxygen atoms in total. The van der Waals surface area contributed by atoms with Crippen molar-refractivity contribution in [3.05, 3.63) is 0 Å². The van der Waals surface area contributed by atoms with Gasteiger partial charge in [0.2, 0.25) is 0 Å². The van der Waals surface area contributed by atoms with E-state index in [9.17, 15) is 8.78 Å². The van der Waals surface area contributed by atoms with Gasteiger partial charge in [0.05, 0.1) is 0 Å². The summed E-state index contributed by atoms with van der Waals surface area (Å²) >= 11 is 1.99. The van der Waals surface area contributed by atoms with Crippen molar-refractivity contribution < 1.29 is 8.78 Å². The van der Waals surface area contributed by atoms with Crippen LogP contribution in [0.4, 0.5) is 8.78 Å². The Morgan fingerprint density at radius 1 is 1.71 bits per heavy atom. The van der Waals surface area contributed by atoms with Crippen molar-refractivity contribution in [2.24, 2.45) is 5.92 Å². The molecule has 0 saturated heterocycles. The zero-order valence-electron chi connectivity index (χ0n) is 3.63. The fraction of sp³-hybridized carbons (Fsp3) is 1.00. The molecule has 3 heteroatoms. The van der Waals surface area contributed by atoms with Crippen LogP contribution in [0.15, 0.2) is 0 Å². The van der Waals surface area contributed by atoms with E-state index in [0.29, 0.717) is 4.43 Å². The lowest BCUT2D eigenvalue weighted by atomic mass is 10.5. The van der Waals surface area contributed by atoms with Crippen LogP contribution in [0, 0.1) is 5.92 Å². The van der Waals surface area contributed by atoms with Crippen molar-refractivity contribution in [3.8, 4) is 0 Å². The molecule has 0 aromatic heterocycles. The van der Waals surface area contributed by atoms with Crippen LogP contribution in [0.1, 0.15) is 6.42 Å². The van der Waals surface area contributed by atoms with Crippen molar-refractivity contribution in [1.29, 1.82) is 0 Å². The van der Waals surface area contributed by atoms with Gasteiger partial charge in [-0.1, -0.05) is 22.6 Å². The van der Waals surface area contributed by atoms with E-state index >= 15 is 0 Å². The summed E-state index contributed by atoms with van der Waals surface area (Å²) in [5, 5.41) is 0. The third-order valence-corrected chi connectivity index (χ3v) is 2.21. The molecule has 1 aliphatic carbocycles. The van der Waals surface area contributed by atoms with Crippen molar-refractivity contribution in [2.45, 2.75) is 12.3 Å². The maximum absolute atomic E-state index is 11.8. The van der Waals surface area contributed by atoms with E-state index in [2.05, 4.69) is 0 Å². The topological polar surface area (TPSA) is 0 Å². The molecule has 0 spiro atoms. The molecule has 1 rings (SSSR count). The van der Waals surface area contributed by atoms with E-state index in [1.54, 1.807) is 0 Å². The second kappa shape index (κ2) is 1.53. The highest BCUT2D eigenvalue weighted by atomic mass is 127. The van der Waals surface area contributed by atoms with Gasteiger partial charge in [-0.25, -0.2) is 8.78 Å². The molecule has 0 N–H and O–H groups in total. The van der Waals surface area contributed by atoms with Crippen LogP contribution in [0.5, 0.6) is 0 Å². The van der Waals surface area contributed by atoms with Crippen LogP contribution < -0.4 is 0 Å². The van der Waals surface area contributed by atoms with Gasteiger partial charge in [0.25, 0.3) is 5.92 Å². The fourth-order valence-electron chi connectivity index (χ4n) is 0.437. The summed E-state index contributed by atoms with van der Waals surface area (Å²) in [6.07, 6.45) is 0.121. The SMILES string of the molecule is FC1(F)CC1CI. The van der Waals surface area contributed by atoms with Crippen molar-refractivity contribution >= 4 is 22.6 Å². The van der Waals surface area contributed by atoms with Gasteiger partial charge in [-0.15, -0.1) is 0 Å². The number of alkyl halides is 3. The van der Waals surface area contributed by atoms with E-state index in [4.69, 9.17) is 0 Å². The summed E-state index contributed by atoms with van der Waals surface area (Å²) in [6.45, 7) is 0. The lowest BCUT2D eigenvalue weighted by molar-refractivity contribution is 0.104. The Bertz CT molecular complexity index is 81.8. The van der Waals surface area contributed by atoms with Gasteiger partial charge in [0.1, 0.15) is 0 Å². The quantitative estimate of drug-likeness (QED) is 0.466. The molecule has 0 aliphatic heterocycles. The van der Waals surface area contributed by atoms with Crippen LogP contribution in [-0.4, -0.2) is 10.4 Å². The first-order valence-corrected chi connectivity index (χ1v) is 3.63.